The van der Waals surface area contributed by atoms with E-state index in [0.717, 1.165) is 23.1 Å². The van der Waals surface area contributed by atoms with Gasteiger partial charge in [-0.05, 0) is 43.5 Å². The first-order valence-electron chi connectivity index (χ1n) is 9.38. The summed E-state index contributed by atoms with van der Waals surface area (Å²) in [5.41, 5.74) is 2.79. The third-order valence-electron chi connectivity index (χ3n) is 4.55. The topological polar surface area (TPSA) is 49.4 Å². The Hall–Kier alpha value is -2.04. The molecule has 4 nitrogen and oxygen atoms in total. The molecule has 2 aromatic rings. The summed E-state index contributed by atoms with van der Waals surface area (Å²) >= 11 is 12.3. The molecule has 0 unspecified atom stereocenters. The van der Waals surface area contributed by atoms with E-state index < -0.39 is 6.04 Å². The third kappa shape index (κ3) is 6.25. The molecule has 0 aliphatic carbocycles. The number of nitrogens with one attached hydrogen (secondary N) is 1. The summed E-state index contributed by atoms with van der Waals surface area (Å²) in [6, 6.07) is 12.4. The van der Waals surface area contributed by atoms with Crippen LogP contribution in [0.3, 0.4) is 0 Å². The molecule has 0 aromatic heterocycles. The van der Waals surface area contributed by atoms with Crippen LogP contribution in [0.1, 0.15) is 37.0 Å². The van der Waals surface area contributed by atoms with Crippen molar-refractivity contribution in [2.45, 2.75) is 46.2 Å². The Morgan fingerprint density at radius 3 is 2.39 bits per heavy atom. The minimum atomic E-state index is -0.615. The third-order valence-corrected chi connectivity index (χ3v) is 5.14. The van der Waals surface area contributed by atoms with Gasteiger partial charge in [-0.25, -0.2) is 0 Å². The largest absolute Gasteiger partial charge is 0.354 e. The average molecular weight is 421 g/mol. The fraction of sp³-hybridized carbons (Fsp3) is 0.364. The number of halogens is 2. The van der Waals surface area contributed by atoms with E-state index in [4.69, 9.17) is 23.2 Å². The Morgan fingerprint density at radius 1 is 1.11 bits per heavy atom. The van der Waals surface area contributed by atoms with Gasteiger partial charge in [-0.1, -0.05) is 66.0 Å². The van der Waals surface area contributed by atoms with Crippen molar-refractivity contribution in [2.24, 2.45) is 0 Å². The Balaban J connectivity index is 2.24. The molecule has 2 aromatic carbocycles. The minimum absolute atomic E-state index is 0.131. The molecule has 0 heterocycles. The molecule has 1 N–H and O–H groups in total. The van der Waals surface area contributed by atoms with Crippen LogP contribution in [0.15, 0.2) is 42.5 Å². The molecule has 0 saturated carbocycles. The molecule has 0 bridgehead atoms. The normalized spacial score (nSPS) is 11.8. The van der Waals surface area contributed by atoms with Gasteiger partial charge in [0.1, 0.15) is 6.04 Å². The predicted octanol–water partition coefficient (Wildman–Crippen LogP) is 4.79. The SMILES string of the molecule is CCCNC(=O)[C@H](C)N(Cc1ccc(Cl)cc1Cl)C(=O)Cc1ccc(C)cc1. The maximum Gasteiger partial charge on any atom is 0.242 e. The molecule has 2 rings (SSSR count). The van der Waals surface area contributed by atoms with E-state index in [0.29, 0.717) is 16.6 Å². The first-order valence-corrected chi connectivity index (χ1v) is 10.1. The molecule has 0 radical (unpaired) electrons. The van der Waals surface area contributed by atoms with Crippen LogP contribution in [0.25, 0.3) is 0 Å². The van der Waals surface area contributed by atoms with Crippen molar-refractivity contribution in [3.63, 3.8) is 0 Å². The fourth-order valence-electron chi connectivity index (χ4n) is 2.79. The lowest BCUT2D eigenvalue weighted by Crippen LogP contribution is -2.48. The number of hydrogen-bond donors (Lipinski definition) is 1. The van der Waals surface area contributed by atoms with Gasteiger partial charge in [0.2, 0.25) is 11.8 Å². The Kier molecular flexibility index (Phi) is 8.34. The standard InChI is InChI=1S/C22H26Cl2N2O2/c1-4-11-25-22(28)16(3)26(14-18-9-10-19(23)13-20(18)24)21(27)12-17-7-5-15(2)6-8-17/h5-10,13,16H,4,11-12,14H2,1-3H3,(H,25,28)/t16-/m0/s1. The molecule has 2 amide bonds. The highest BCUT2D eigenvalue weighted by molar-refractivity contribution is 6.35. The molecule has 0 spiro atoms. The molecule has 6 heteroatoms. The fourth-order valence-corrected chi connectivity index (χ4v) is 3.26. The van der Waals surface area contributed by atoms with Gasteiger partial charge in [0.15, 0.2) is 0 Å². The zero-order valence-electron chi connectivity index (χ0n) is 16.5. The maximum atomic E-state index is 13.1. The van der Waals surface area contributed by atoms with Gasteiger partial charge in [-0.3, -0.25) is 9.59 Å². The number of hydrogen-bond acceptors (Lipinski definition) is 2. The second kappa shape index (κ2) is 10.5. The second-order valence-electron chi connectivity index (χ2n) is 6.89. The number of carbonyl (C=O) groups excluding carboxylic acids is 2. The van der Waals surface area contributed by atoms with Gasteiger partial charge in [-0.15, -0.1) is 0 Å². The van der Waals surface area contributed by atoms with E-state index in [1.165, 1.54) is 0 Å². The molecule has 0 fully saturated rings. The van der Waals surface area contributed by atoms with Crippen LogP contribution < -0.4 is 5.32 Å². The van der Waals surface area contributed by atoms with E-state index in [1.807, 2.05) is 38.1 Å². The number of aryl methyl sites for hydroxylation is 1. The molecule has 150 valence electrons. The lowest BCUT2D eigenvalue weighted by molar-refractivity contribution is -0.140. The van der Waals surface area contributed by atoms with Crippen LogP contribution in [0, 0.1) is 6.92 Å². The number of rotatable bonds is 8. The summed E-state index contributed by atoms with van der Waals surface area (Å²) < 4.78 is 0. The molecule has 0 aliphatic rings. The highest BCUT2D eigenvalue weighted by Gasteiger charge is 2.26. The Morgan fingerprint density at radius 2 is 1.79 bits per heavy atom. The smallest absolute Gasteiger partial charge is 0.242 e. The minimum Gasteiger partial charge on any atom is -0.354 e. The van der Waals surface area contributed by atoms with Crippen LogP contribution >= 0.6 is 23.2 Å². The summed E-state index contributed by atoms with van der Waals surface area (Å²) in [5, 5.41) is 3.86. The lowest BCUT2D eigenvalue weighted by atomic mass is 10.1. The van der Waals surface area contributed by atoms with Gasteiger partial charge in [0, 0.05) is 23.1 Å². The first-order chi connectivity index (χ1) is 13.3. The van der Waals surface area contributed by atoms with E-state index in [-0.39, 0.29) is 24.8 Å². The molecule has 1 atom stereocenters. The quantitative estimate of drug-likeness (QED) is 0.667. The number of amides is 2. The predicted molar refractivity (Wildman–Crippen MR) is 115 cm³/mol. The van der Waals surface area contributed by atoms with Crippen molar-refractivity contribution in [3.05, 3.63) is 69.2 Å². The van der Waals surface area contributed by atoms with E-state index in [1.54, 1.807) is 30.0 Å². The summed E-state index contributed by atoms with van der Waals surface area (Å²) in [7, 11) is 0. The van der Waals surface area contributed by atoms with Crippen molar-refractivity contribution in [2.75, 3.05) is 6.54 Å². The molecular weight excluding hydrogens is 395 g/mol. The first kappa shape index (κ1) is 22.3. The van der Waals surface area contributed by atoms with Gasteiger partial charge in [-0.2, -0.15) is 0 Å². The van der Waals surface area contributed by atoms with Gasteiger partial charge < -0.3 is 10.2 Å². The second-order valence-corrected chi connectivity index (χ2v) is 7.73. The van der Waals surface area contributed by atoms with Crippen molar-refractivity contribution >= 4 is 35.0 Å². The average Bonchev–Trinajstić information content (AvgIpc) is 2.66. The maximum absolute atomic E-state index is 13.1. The molecule has 28 heavy (non-hydrogen) atoms. The summed E-state index contributed by atoms with van der Waals surface area (Å²) in [6.45, 7) is 6.54. The highest BCUT2D eigenvalue weighted by atomic mass is 35.5. The summed E-state index contributed by atoms with van der Waals surface area (Å²) in [5.74, 6) is -0.307. The number of nitrogens with zero attached hydrogens (tertiary/aromatic N) is 1. The number of benzene rings is 2. The number of carbonyl (C=O) groups is 2. The summed E-state index contributed by atoms with van der Waals surface area (Å²) in [4.78, 5) is 27.2. The molecular formula is C22H26Cl2N2O2. The van der Waals surface area contributed by atoms with E-state index in [9.17, 15) is 9.59 Å². The van der Waals surface area contributed by atoms with Crippen molar-refractivity contribution in [3.8, 4) is 0 Å². The lowest BCUT2D eigenvalue weighted by Gasteiger charge is -2.29. The van der Waals surface area contributed by atoms with Gasteiger partial charge >= 0.3 is 0 Å². The Labute approximate surface area is 176 Å². The monoisotopic (exact) mass is 420 g/mol. The zero-order valence-corrected chi connectivity index (χ0v) is 18.0. The van der Waals surface area contributed by atoms with Gasteiger partial charge in [0.05, 0.1) is 6.42 Å². The molecule has 0 aliphatic heterocycles. The van der Waals surface area contributed by atoms with Crippen LogP contribution in [0.2, 0.25) is 10.0 Å². The Bertz CT molecular complexity index is 822. The van der Waals surface area contributed by atoms with Crippen molar-refractivity contribution in [1.29, 1.82) is 0 Å². The molecule has 0 saturated heterocycles. The van der Waals surface area contributed by atoms with Crippen LogP contribution in [-0.4, -0.2) is 29.3 Å². The van der Waals surface area contributed by atoms with Crippen molar-refractivity contribution < 1.29 is 9.59 Å². The van der Waals surface area contributed by atoms with Crippen molar-refractivity contribution in [1.82, 2.24) is 10.2 Å². The van der Waals surface area contributed by atoms with Crippen LogP contribution in [-0.2, 0) is 22.6 Å². The summed E-state index contributed by atoms with van der Waals surface area (Å²) in [6.07, 6.45) is 1.05. The van der Waals surface area contributed by atoms with Crippen LogP contribution in [0.5, 0.6) is 0 Å². The van der Waals surface area contributed by atoms with E-state index >= 15 is 0 Å². The van der Waals surface area contributed by atoms with Gasteiger partial charge in [0.25, 0.3) is 0 Å². The highest BCUT2D eigenvalue weighted by Crippen LogP contribution is 2.23. The van der Waals surface area contributed by atoms with Crippen LogP contribution in [0.4, 0.5) is 0 Å². The zero-order chi connectivity index (χ0) is 20.7. The van der Waals surface area contributed by atoms with E-state index in [2.05, 4.69) is 5.32 Å².